The van der Waals surface area contributed by atoms with Crippen LogP contribution in [0.4, 0.5) is 23.2 Å². The Morgan fingerprint density at radius 1 is 0.984 bits per heavy atom. The number of carbonyl (C=O) groups is 2. The number of aryl methyl sites for hydroxylation is 1. The number of halogens is 4. The first-order valence-electron chi connectivity index (χ1n) is 22.0. The molecule has 8 rings (SSSR count). The first-order valence-corrected chi connectivity index (χ1v) is 22.0. The summed E-state index contributed by atoms with van der Waals surface area (Å²) in [5.41, 5.74) is 7.50. The molecule has 1 unspecified atom stereocenters. The average molecular weight is 842 g/mol. The summed E-state index contributed by atoms with van der Waals surface area (Å²) in [4.78, 5) is 38.5. The molecule has 2 N–H and O–H groups in total. The van der Waals surface area contributed by atoms with Crippen molar-refractivity contribution in [1.29, 1.82) is 0 Å². The number of alkyl halides is 2. The normalized spacial score (nSPS) is 19.9. The lowest BCUT2D eigenvalue weighted by Crippen LogP contribution is -2.45. The first kappa shape index (κ1) is 42.9. The average Bonchev–Trinajstić information content (AvgIpc) is 3.85. The van der Waals surface area contributed by atoms with Gasteiger partial charge in [0.15, 0.2) is 0 Å². The molecule has 0 spiro atoms. The Labute approximate surface area is 356 Å². The van der Waals surface area contributed by atoms with Crippen molar-refractivity contribution in [3.63, 3.8) is 0 Å². The van der Waals surface area contributed by atoms with Crippen LogP contribution in [0.5, 0.6) is 0 Å². The summed E-state index contributed by atoms with van der Waals surface area (Å²) in [6.45, 7) is 12.2. The smallest absolute Gasteiger partial charge is 0.251 e. The van der Waals surface area contributed by atoms with Crippen molar-refractivity contribution in [1.82, 2.24) is 29.9 Å². The highest BCUT2D eigenvalue weighted by molar-refractivity contribution is 5.85. The van der Waals surface area contributed by atoms with E-state index in [2.05, 4.69) is 50.6 Å². The van der Waals surface area contributed by atoms with E-state index in [-0.39, 0.29) is 18.0 Å². The number of H-pyrrole nitrogens is 1. The van der Waals surface area contributed by atoms with E-state index in [1.54, 1.807) is 18.0 Å². The van der Waals surface area contributed by atoms with E-state index in [0.29, 0.717) is 62.2 Å². The quantitative estimate of drug-likeness (QED) is 0.0727. The van der Waals surface area contributed by atoms with Crippen LogP contribution in [0.2, 0.25) is 0 Å². The monoisotopic (exact) mass is 841 g/mol. The van der Waals surface area contributed by atoms with Gasteiger partial charge in [-0.1, -0.05) is 36.4 Å². The summed E-state index contributed by atoms with van der Waals surface area (Å²) in [6, 6.07) is 13.9. The predicted molar refractivity (Wildman–Crippen MR) is 231 cm³/mol. The summed E-state index contributed by atoms with van der Waals surface area (Å²) < 4.78 is 59.9. The van der Waals surface area contributed by atoms with Crippen LogP contribution >= 0.6 is 0 Å². The van der Waals surface area contributed by atoms with Crippen molar-refractivity contribution < 1.29 is 27.2 Å². The maximum absolute atomic E-state index is 16.2. The van der Waals surface area contributed by atoms with Crippen molar-refractivity contribution in [2.75, 3.05) is 57.8 Å². The van der Waals surface area contributed by atoms with Gasteiger partial charge in [0.05, 0.1) is 12.6 Å². The summed E-state index contributed by atoms with van der Waals surface area (Å²) in [5, 5.41) is 3.66. The molecule has 4 aliphatic heterocycles. The number of rotatable bonds is 15. The number of piperidine rings is 2. The first-order chi connectivity index (χ1) is 29.5. The molecule has 61 heavy (non-hydrogen) atoms. The van der Waals surface area contributed by atoms with Gasteiger partial charge in [0, 0.05) is 86.8 Å². The molecule has 0 aliphatic carbocycles. The Morgan fingerprint density at radius 2 is 1.69 bits per heavy atom. The van der Waals surface area contributed by atoms with E-state index in [0.717, 1.165) is 92.4 Å². The van der Waals surface area contributed by atoms with E-state index in [1.807, 2.05) is 24.3 Å². The van der Waals surface area contributed by atoms with Crippen molar-refractivity contribution in [3.05, 3.63) is 112 Å². The number of nitrogens with one attached hydrogen (secondary N) is 2. The third kappa shape index (κ3) is 9.11. The molecule has 2 fully saturated rings. The Balaban J connectivity index is 0.844. The SMILES string of the molecule is C=CCCC(C(=O)NC)N(C=O)Cc1cc2c(cc1C)CN(C1CCN(CC3CCN(c4cc(F)c([C@@H]5c6[nH]c7ccccc7c6CCN5CC(F)F)c(F)c4)CC3)CC1)C2. The third-order valence-corrected chi connectivity index (χ3v) is 13.9. The summed E-state index contributed by atoms with van der Waals surface area (Å²) in [5.74, 6) is -1.09. The van der Waals surface area contributed by atoms with Crippen LogP contribution in [0.15, 0.2) is 61.2 Å². The lowest BCUT2D eigenvalue weighted by Gasteiger charge is -2.40. The molecule has 0 radical (unpaired) electrons. The zero-order chi connectivity index (χ0) is 42.8. The lowest BCUT2D eigenvalue weighted by molar-refractivity contribution is -0.133. The Kier molecular flexibility index (Phi) is 13.2. The van der Waals surface area contributed by atoms with Crippen LogP contribution in [-0.2, 0) is 35.6 Å². The van der Waals surface area contributed by atoms with Gasteiger partial charge >= 0.3 is 0 Å². The number of hydrogen-bond donors (Lipinski definition) is 2. The van der Waals surface area contributed by atoms with Crippen LogP contribution < -0.4 is 10.2 Å². The molecule has 9 nitrogen and oxygen atoms in total. The van der Waals surface area contributed by atoms with E-state index >= 15 is 8.78 Å². The molecule has 3 aromatic carbocycles. The Bertz CT molecular complexity index is 2190. The van der Waals surface area contributed by atoms with Gasteiger partial charge in [-0.15, -0.1) is 6.58 Å². The number of fused-ring (bicyclic) bond motifs is 4. The molecule has 0 saturated carbocycles. The van der Waals surface area contributed by atoms with Crippen molar-refractivity contribution in [2.45, 2.75) is 96.1 Å². The minimum Gasteiger partial charge on any atom is -0.371 e. The number of likely N-dealkylation sites (N-methyl/N-ethyl adjacent to an activating group) is 1. The van der Waals surface area contributed by atoms with Gasteiger partial charge < -0.3 is 25.0 Å². The van der Waals surface area contributed by atoms with E-state index < -0.39 is 36.7 Å². The molecule has 2 amide bonds. The zero-order valence-corrected chi connectivity index (χ0v) is 35.5. The molecule has 1 aromatic heterocycles. The molecule has 326 valence electrons. The fraction of sp³-hybridized carbons (Fsp3) is 0.500. The van der Waals surface area contributed by atoms with Gasteiger partial charge in [-0.2, -0.15) is 0 Å². The standard InChI is InChI=1S/C48H59F4N7O2/c1-4-5-10-43(48(61)53-3)59(30-60)26-33-22-35-28-58(27-34(35)21-31(33)2)36-13-16-55(17-14-36)25-32-11-18-56(19-12-32)37-23-40(49)45(41(50)24-37)47-46-39(15-20-57(47)29-44(51)52)38-8-6-7-9-42(38)54-46/h4,6-9,21-24,30,32,36,43-44,47,54H,1,5,10-20,25-29H2,2-3H3,(H,53,61)/t43?,47-/m1/s1. The zero-order valence-electron chi connectivity index (χ0n) is 35.5. The molecule has 4 aliphatic rings. The highest BCUT2D eigenvalue weighted by Gasteiger charge is 2.37. The highest BCUT2D eigenvalue weighted by Crippen LogP contribution is 2.42. The second-order valence-corrected chi connectivity index (χ2v) is 17.6. The summed E-state index contributed by atoms with van der Waals surface area (Å²) in [6.07, 6.45) is 5.66. The van der Waals surface area contributed by atoms with Crippen LogP contribution in [0.25, 0.3) is 10.9 Å². The topological polar surface area (TPSA) is 78.2 Å². The minimum absolute atomic E-state index is 0.170. The molecular formula is C48H59F4N7O2. The number of benzene rings is 3. The maximum atomic E-state index is 16.2. The van der Waals surface area contributed by atoms with Crippen molar-refractivity contribution >= 4 is 28.9 Å². The number of anilines is 1. The van der Waals surface area contributed by atoms with E-state index in [1.165, 1.54) is 28.2 Å². The van der Waals surface area contributed by atoms with Crippen molar-refractivity contribution in [2.24, 2.45) is 5.92 Å². The fourth-order valence-electron chi connectivity index (χ4n) is 10.6. The highest BCUT2D eigenvalue weighted by atomic mass is 19.3. The van der Waals surface area contributed by atoms with Gasteiger partial charge in [0.1, 0.15) is 17.7 Å². The molecule has 0 bridgehead atoms. The summed E-state index contributed by atoms with van der Waals surface area (Å²) >= 11 is 0. The van der Waals surface area contributed by atoms with E-state index in [4.69, 9.17) is 0 Å². The Morgan fingerprint density at radius 3 is 2.36 bits per heavy atom. The number of hydrogen-bond acceptors (Lipinski definition) is 6. The number of amides is 2. The molecule has 2 saturated heterocycles. The number of likely N-dealkylation sites (tertiary alicyclic amines) is 1. The molecule has 13 heteroatoms. The van der Waals surface area contributed by atoms with Gasteiger partial charge in [0.2, 0.25) is 12.3 Å². The second-order valence-electron chi connectivity index (χ2n) is 17.6. The number of aromatic nitrogens is 1. The van der Waals surface area contributed by atoms with Gasteiger partial charge in [-0.25, -0.2) is 17.6 Å². The number of aromatic amines is 1. The van der Waals surface area contributed by atoms with Gasteiger partial charge in [-0.05, 0) is 117 Å². The second kappa shape index (κ2) is 18.7. The minimum atomic E-state index is -2.63. The number of allylic oxidation sites excluding steroid dienone is 1. The van der Waals surface area contributed by atoms with Crippen molar-refractivity contribution in [3.8, 4) is 0 Å². The molecule has 4 aromatic rings. The van der Waals surface area contributed by atoms with Gasteiger partial charge in [-0.3, -0.25) is 19.4 Å². The lowest BCUT2D eigenvalue weighted by atomic mass is 9.91. The molecule has 2 atom stereocenters. The number of para-hydroxylation sites is 1. The number of carbonyl (C=O) groups excluding carboxylic acids is 2. The molecular weight excluding hydrogens is 783 g/mol. The third-order valence-electron chi connectivity index (χ3n) is 13.9. The largest absolute Gasteiger partial charge is 0.371 e. The van der Waals surface area contributed by atoms with Crippen LogP contribution in [-0.4, -0.2) is 108 Å². The maximum Gasteiger partial charge on any atom is 0.251 e. The van der Waals surface area contributed by atoms with E-state index in [9.17, 15) is 18.4 Å². The fourth-order valence-corrected chi connectivity index (χ4v) is 10.6. The van der Waals surface area contributed by atoms with Gasteiger partial charge in [0.25, 0.3) is 6.43 Å². The molecule has 5 heterocycles. The summed E-state index contributed by atoms with van der Waals surface area (Å²) in [7, 11) is 1.60. The van der Waals surface area contributed by atoms with Crippen LogP contribution in [0.1, 0.15) is 83.6 Å². The predicted octanol–water partition coefficient (Wildman–Crippen LogP) is 7.70. The Hall–Kier alpha value is -4.72. The number of nitrogens with zero attached hydrogens (tertiary/aromatic N) is 5. The van der Waals surface area contributed by atoms with Crippen LogP contribution in [0.3, 0.4) is 0 Å². The van der Waals surface area contributed by atoms with Crippen LogP contribution in [0, 0.1) is 24.5 Å².